The normalized spacial score (nSPS) is 21.9. The van der Waals surface area contributed by atoms with Crippen molar-refractivity contribution in [3.63, 3.8) is 0 Å². The van der Waals surface area contributed by atoms with E-state index in [4.69, 9.17) is 23.7 Å². The summed E-state index contributed by atoms with van der Waals surface area (Å²) >= 11 is 0. The number of hydrogen-bond donors (Lipinski definition) is 0. The van der Waals surface area contributed by atoms with Crippen molar-refractivity contribution in [2.45, 2.75) is 57.1 Å². The van der Waals surface area contributed by atoms with Crippen LogP contribution in [0.2, 0.25) is 0 Å². The van der Waals surface area contributed by atoms with E-state index in [0.717, 1.165) is 22.3 Å². The summed E-state index contributed by atoms with van der Waals surface area (Å²) in [5.74, 6) is 0. The fraction of sp³-hybridized carbons (Fsp3) is 0.294. The van der Waals surface area contributed by atoms with Gasteiger partial charge in [-0.05, 0) is 27.8 Å². The summed E-state index contributed by atoms with van der Waals surface area (Å²) in [6.07, 6.45) is -3.44. The van der Waals surface area contributed by atoms with Gasteiger partial charge in [0, 0.05) is 4.91 Å². The molecule has 0 saturated carbocycles. The van der Waals surface area contributed by atoms with Gasteiger partial charge in [-0.1, -0.05) is 126 Å². The number of azide groups is 1. The first kappa shape index (κ1) is 29.5. The van der Waals surface area contributed by atoms with Gasteiger partial charge >= 0.3 is 0 Å². The lowest BCUT2D eigenvalue weighted by Gasteiger charge is -2.45. The first-order valence-electron chi connectivity index (χ1n) is 14.1. The molecule has 1 aliphatic heterocycles. The maximum absolute atomic E-state index is 9.46. The van der Waals surface area contributed by atoms with Gasteiger partial charge in [0.15, 0.2) is 6.23 Å². The van der Waals surface area contributed by atoms with Crippen molar-refractivity contribution in [1.82, 2.24) is 0 Å². The van der Waals surface area contributed by atoms with Crippen LogP contribution in [-0.2, 0) is 50.1 Å². The van der Waals surface area contributed by atoms with Gasteiger partial charge in [0.1, 0.15) is 24.4 Å². The Labute approximate surface area is 246 Å². The van der Waals surface area contributed by atoms with Crippen LogP contribution >= 0.6 is 0 Å². The van der Waals surface area contributed by atoms with Gasteiger partial charge in [0.2, 0.25) is 0 Å². The Kier molecular flexibility index (Phi) is 11.1. The monoisotopic (exact) mass is 565 g/mol. The Morgan fingerprint density at radius 2 is 0.952 bits per heavy atom. The highest BCUT2D eigenvalue weighted by molar-refractivity contribution is 5.16. The van der Waals surface area contributed by atoms with Crippen LogP contribution in [0.5, 0.6) is 0 Å². The Balaban J connectivity index is 1.41. The first-order valence-corrected chi connectivity index (χ1v) is 14.1. The van der Waals surface area contributed by atoms with Crippen LogP contribution in [0, 0.1) is 0 Å². The molecule has 4 aromatic rings. The Morgan fingerprint density at radius 1 is 0.548 bits per heavy atom. The molecule has 0 radical (unpaired) electrons. The molecular formula is C34H35N3O5. The molecule has 0 unspecified atom stereocenters. The number of hydrogen-bond acceptors (Lipinski definition) is 6. The van der Waals surface area contributed by atoms with Crippen LogP contribution in [-0.4, -0.2) is 37.3 Å². The topological polar surface area (TPSA) is 94.9 Å². The van der Waals surface area contributed by atoms with E-state index in [1.807, 2.05) is 121 Å². The Bertz CT molecular complexity index is 1370. The van der Waals surface area contributed by atoms with Crippen molar-refractivity contribution in [2.75, 3.05) is 6.61 Å². The lowest BCUT2D eigenvalue weighted by molar-refractivity contribution is -0.271. The summed E-state index contributed by atoms with van der Waals surface area (Å²) in [6, 6.07) is 39.6. The lowest BCUT2D eigenvalue weighted by atomic mass is 9.97. The minimum atomic E-state index is -0.943. The van der Waals surface area contributed by atoms with Gasteiger partial charge in [-0.3, -0.25) is 0 Å². The van der Waals surface area contributed by atoms with Crippen LogP contribution < -0.4 is 0 Å². The fourth-order valence-corrected chi connectivity index (χ4v) is 4.91. The second-order valence-electron chi connectivity index (χ2n) is 10.1. The average molecular weight is 566 g/mol. The van der Waals surface area contributed by atoms with Crippen molar-refractivity contribution in [2.24, 2.45) is 5.11 Å². The highest BCUT2D eigenvalue weighted by Crippen LogP contribution is 2.31. The van der Waals surface area contributed by atoms with Gasteiger partial charge in [-0.2, -0.15) is 0 Å². The molecule has 0 amide bonds. The molecule has 1 aliphatic rings. The second kappa shape index (κ2) is 15.8. The van der Waals surface area contributed by atoms with Crippen LogP contribution in [0.15, 0.2) is 126 Å². The van der Waals surface area contributed by atoms with Crippen molar-refractivity contribution in [3.8, 4) is 0 Å². The van der Waals surface area contributed by atoms with E-state index in [2.05, 4.69) is 10.0 Å². The molecule has 8 nitrogen and oxygen atoms in total. The molecule has 8 heteroatoms. The van der Waals surface area contributed by atoms with Gasteiger partial charge in [-0.25, -0.2) is 0 Å². The highest BCUT2D eigenvalue weighted by Gasteiger charge is 2.48. The van der Waals surface area contributed by atoms with Gasteiger partial charge in [-0.15, -0.1) is 0 Å². The maximum Gasteiger partial charge on any atom is 0.165 e. The summed E-state index contributed by atoms with van der Waals surface area (Å²) in [6.45, 7) is 1.57. The van der Waals surface area contributed by atoms with Crippen LogP contribution in [0.25, 0.3) is 10.4 Å². The number of nitrogens with zero attached hydrogens (tertiary/aromatic N) is 3. The van der Waals surface area contributed by atoms with E-state index < -0.39 is 30.6 Å². The van der Waals surface area contributed by atoms with E-state index in [1.165, 1.54) is 0 Å². The van der Waals surface area contributed by atoms with E-state index in [0.29, 0.717) is 19.8 Å². The van der Waals surface area contributed by atoms with Gasteiger partial charge < -0.3 is 23.7 Å². The zero-order valence-electron chi connectivity index (χ0n) is 23.4. The van der Waals surface area contributed by atoms with Gasteiger partial charge in [0.05, 0.1) is 33.0 Å². The summed E-state index contributed by atoms with van der Waals surface area (Å²) in [7, 11) is 0. The molecule has 5 rings (SSSR count). The summed E-state index contributed by atoms with van der Waals surface area (Å²) in [5.41, 5.74) is 13.5. The molecule has 0 aliphatic carbocycles. The van der Waals surface area contributed by atoms with Crippen molar-refractivity contribution < 1.29 is 23.7 Å². The third kappa shape index (κ3) is 8.50. The molecule has 1 fully saturated rings. The smallest absolute Gasteiger partial charge is 0.165 e. The Morgan fingerprint density at radius 3 is 1.40 bits per heavy atom. The number of benzene rings is 4. The zero-order chi connectivity index (χ0) is 28.8. The molecule has 216 valence electrons. The largest absolute Gasteiger partial charge is 0.374 e. The molecule has 4 aromatic carbocycles. The first-order chi connectivity index (χ1) is 20.8. The van der Waals surface area contributed by atoms with E-state index in [1.54, 1.807) is 0 Å². The third-order valence-corrected chi connectivity index (χ3v) is 7.02. The third-order valence-electron chi connectivity index (χ3n) is 7.02. The summed E-state index contributed by atoms with van der Waals surface area (Å²) < 4.78 is 32.0. The van der Waals surface area contributed by atoms with Crippen molar-refractivity contribution in [3.05, 3.63) is 154 Å². The van der Waals surface area contributed by atoms with E-state index in [-0.39, 0.29) is 13.2 Å². The zero-order valence-corrected chi connectivity index (χ0v) is 23.4. The molecule has 0 bridgehead atoms. The van der Waals surface area contributed by atoms with E-state index in [9.17, 15) is 5.53 Å². The van der Waals surface area contributed by atoms with Crippen LogP contribution in [0.1, 0.15) is 22.3 Å². The van der Waals surface area contributed by atoms with Crippen LogP contribution in [0.3, 0.4) is 0 Å². The number of rotatable bonds is 14. The van der Waals surface area contributed by atoms with E-state index >= 15 is 0 Å². The second-order valence-corrected chi connectivity index (χ2v) is 10.1. The van der Waals surface area contributed by atoms with Crippen molar-refractivity contribution in [1.29, 1.82) is 0 Å². The molecule has 1 saturated heterocycles. The summed E-state index contributed by atoms with van der Waals surface area (Å²) in [4.78, 5) is 3.08. The molecular weight excluding hydrogens is 530 g/mol. The number of ether oxygens (including phenoxy) is 5. The standard InChI is InChI=1S/C34H35N3O5/c35-37-36-34-33(41-24-29-19-11-4-12-20-29)32(40-23-28-17-9-3-10-18-28)31(39-22-27-15-7-2-8-16-27)30(42-34)25-38-21-26-13-5-1-6-14-26/h1-20,30-34H,21-25H2/t30-,31+,32+,33-,34-/m1/s1. The minimum Gasteiger partial charge on any atom is -0.374 e. The lowest BCUT2D eigenvalue weighted by Crippen LogP contribution is -2.60. The molecule has 0 aromatic heterocycles. The minimum absolute atomic E-state index is 0.211. The summed E-state index contributed by atoms with van der Waals surface area (Å²) in [5, 5.41) is 3.99. The highest BCUT2D eigenvalue weighted by atomic mass is 16.6. The molecule has 0 spiro atoms. The molecule has 0 N–H and O–H groups in total. The SMILES string of the molecule is [N-]=[N+]=N[C@@H]1O[C@H](COCc2ccccc2)[C@H](OCc2ccccc2)[C@H](OCc2ccccc2)[C@H]1OCc1ccccc1. The van der Waals surface area contributed by atoms with Gasteiger partial charge in [0.25, 0.3) is 0 Å². The predicted molar refractivity (Wildman–Crippen MR) is 159 cm³/mol. The quantitative estimate of drug-likeness (QED) is 0.0933. The maximum atomic E-state index is 9.46. The van der Waals surface area contributed by atoms with Crippen molar-refractivity contribution >= 4 is 0 Å². The molecule has 5 atom stereocenters. The molecule has 42 heavy (non-hydrogen) atoms. The van der Waals surface area contributed by atoms with Crippen LogP contribution in [0.4, 0.5) is 0 Å². The predicted octanol–water partition coefficient (Wildman–Crippen LogP) is 6.99. The fourth-order valence-electron chi connectivity index (χ4n) is 4.91. The Hall–Kier alpha value is -4.01. The molecule has 1 heterocycles. The average Bonchev–Trinajstić information content (AvgIpc) is 3.05.